The Morgan fingerprint density at radius 2 is 2.16 bits per heavy atom. The fraction of sp³-hybridized carbons (Fsp3) is 0.579. The second kappa shape index (κ2) is 10.2. The number of hydrogen-bond donors (Lipinski definition) is 2. The van der Waals surface area contributed by atoms with E-state index in [-0.39, 0.29) is 0 Å². The fourth-order valence-electron chi connectivity index (χ4n) is 2.73. The molecule has 2 N–H and O–H groups in total. The van der Waals surface area contributed by atoms with Gasteiger partial charge in [-0.2, -0.15) is 0 Å². The molecule has 0 aliphatic heterocycles. The molecule has 2 aromatic heterocycles. The van der Waals surface area contributed by atoms with Gasteiger partial charge >= 0.3 is 0 Å². The number of aryl methyl sites for hydroxylation is 3. The summed E-state index contributed by atoms with van der Waals surface area (Å²) in [4.78, 5) is 11.8. The smallest absolute Gasteiger partial charge is 0.191 e. The summed E-state index contributed by atoms with van der Waals surface area (Å²) >= 11 is 1.87. The molecule has 1 atom stereocenters. The van der Waals surface area contributed by atoms with Crippen molar-refractivity contribution in [2.75, 3.05) is 13.1 Å². The zero-order chi connectivity index (χ0) is 18.1. The Hall–Kier alpha value is -1.82. The van der Waals surface area contributed by atoms with Gasteiger partial charge in [0.05, 0.1) is 0 Å². The number of rotatable bonds is 9. The van der Waals surface area contributed by atoms with Crippen LogP contribution in [0.1, 0.15) is 42.3 Å². The van der Waals surface area contributed by atoms with E-state index >= 15 is 0 Å². The summed E-state index contributed by atoms with van der Waals surface area (Å²) in [6, 6.07) is 4.78. The van der Waals surface area contributed by atoms with E-state index in [1.165, 1.54) is 9.75 Å². The molecule has 5 nitrogen and oxygen atoms in total. The molecule has 0 aromatic carbocycles. The first-order valence-corrected chi connectivity index (χ1v) is 9.98. The number of imidazole rings is 1. The maximum atomic E-state index is 4.71. The van der Waals surface area contributed by atoms with Crippen molar-refractivity contribution < 1.29 is 0 Å². The molecule has 0 amide bonds. The molecule has 138 valence electrons. The Morgan fingerprint density at radius 1 is 1.32 bits per heavy atom. The Bertz CT molecular complexity index is 658. The van der Waals surface area contributed by atoms with Crippen LogP contribution in [-0.4, -0.2) is 34.6 Å². The topological polar surface area (TPSA) is 54.2 Å². The van der Waals surface area contributed by atoms with Gasteiger partial charge < -0.3 is 15.2 Å². The maximum Gasteiger partial charge on any atom is 0.191 e. The zero-order valence-corrected chi connectivity index (χ0v) is 16.7. The highest BCUT2D eigenvalue weighted by Gasteiger charge is 2.07. The largest absolute Gasteiger partial charge is 0.357 e. The summed E-state index contributed by atoms with van der Waals surface area (Å²) in [5.41, 5.74) is 0. The van der Waals surface area contributed by atoms with E-state index in [2.05, 4.69) is 53.1 Å². The van der Waals surface area contributed by atoms with Gasteiger partial charge in [0.1, 0.15) is 5.82 Å². The van der Waals surface area contributed by atoms with Crippen LogP contribution in [0.2, 0.25) is 0 Å². The van der Waals surface area contributed by atoms with Crippen LogP contribution in [0.3, 0.4) is 0 Å². The number of hydrogen-bond acceptors (Lipinski definition) is 3. The van der Waals surface area contributed by atoms with Gasteiger partial charge in [-0.25, -0.2) is 4.98 Å². The highest BCUT2D eigenvalue weighted by atomic mass is 32.1. The van der Waals surface area contributed by atoms with Gasteiger partial charge in [0.2, 0.25) is 0 Å². The lowest BCUT2D eigenvalue weighted by molar-refractivity contribution is 0.597. The SMILES string of the molecule is CCNC(=NCCCCn1ccnc1C)NC(C)Cc1ccc(C)s1. The Morgan fingerprint density at radius 3 is 2.80 bits per heavy atom. The van der Waals surface area contributed by atoms with Crippen molar-refractivity contribution >= 4 is 17.3 Å². The first kappa shape index (κ1) is 19.5. The Balaban J connectivity index is 1.74. The minimum absolute atomic E-state index is 0.365. The van der Waals surface area contributed by atoms with E-state index in [1.807, 2.05) is 30.7 Å². The van der Waals surface area contributed by atoms with E-state index < -0.39 is 0 Å². The van der Waals surface area contributed by atoms with Crippen molar-refractivity contribution in [2.45, 2.75) is 59.5 Å². The number of aliphatic imine (C=N–C) groups is 1. The quantitative estimate of drug-likeness (QED) is 0.408. The predicted molar refractivity (Wildman–Crippen MR) is 108 cm³/mol. The van der Waals surface area contributed by atoms with Gasteiger partial charge in [0.25, 0.3) is 0 Å². The first-order chi connectivity index (χ1) is 12.1. The number of thiophene rings is 1. The van der Waals surface area contributed by atoms with E-state index in [1.54, 1.807) is 0 Å². The predicted octanol–water partition coefficient (Wildman–Crippen LogP) is 3.53. The lowest BCUT2D eigenvalue weighted by atomic mass is 10.2. The molecule has 0 radical (unpaired) electrons. The lowest BCUT2D eigenvalue weighted by Crippen LogP contribution is -2.43. The first-order valence-electron chi connectivity index (χ1n) is 9.16. The average Bonchev–Trinajstić information content (AvgIpc) is 3.15. The Kier molecular flexibility index (Phi) is 7.98. The molecule has 6 heteroatoms. The van der Waals surface area contributed by atoms with Gasteiger partial charge in [-0.15, -0.1) is 11.3 Å². The summed E-state index contributed by atoms with van der Waals surface area (Å²) in [7, 11) is 0. The van der Waals surface area contributed by atoms with Crippen LogP contribution >= 0.6 is 11.3 Å². The van der Waals surface area contributed by atoms with E-state index in [0.717, 1.165) is 50.7 Å². The van der Waals surface area contributed by atoms with E-state index in [0.29, 0.717) is 6.04 Å². The standard InChI is InChI=1S/C19H31N5S/c1-5-20-19(23-15(2)14-18-9-8-16(3)25-18)22-10-6-7-12-24-13-11-21-17(24)4/h8-9,11,13,15H,5-7,10,12,14H2,1-4H3,(H2,20,22,23). The number of unbranched alkanes of at least 4 members (excludes halogenated alkanes) is 1. The third-order valence-corrected chi connectivity index (χ3v) is 5.05. The minimum atomic E-state index is 0.365. The van der Waals surface area contributed by atoms with Gasteiger partial charge in [-0.05, 0) is 52.7 Å². The van der Waals surface area contributed by atoms with E-state index in [4.69, 9.17) is 4.99 Å². The minimum Gasteiger partial charge on any atom is -0.357 e. The summed E-state index contributed by atoms with van der Waals surface area (Å²) in [6.07, 6.45) is 7.12. The monoisotopic (exact) mass is 361 g/mol. The third kappa shape index (κ3) is 6.90. The van der Waals surface area contributed by atoms with Gasteiger partial charge in [-0.1, -0.05) is 0 Å². The van der Waals surface area contributed by atoms with Crippen LogP contribution in [0.25, 0.3) is 0 Å². The number of nitrogens with zero attached hydrogens (tertiary/aromatic N) is 3. The van der Waals surface area contributed by atoms with Crippen molar-refractivity contribution in [3.05, 3.63) is 40.1 Å². The molecule has 2 rings (SSSR count). The molecule has 0 spiro atoms. The molecular formula is C19H31N5S. The molecule has 0 saturated carbocycles. The molecule has 25 heavy (non-hydrogen) atoms. The number of aromatic nitrogens is 2. The van der Waals surface area contributed by atoms with Gasteiger partial charge in [-0.3, -0.25) is 4.99 Å². The molecule has 0 bridgehead atoms. The van der Waals surface area contributed by atoms with Crippen molar-refractivity contribution in [2.24, 2.45) is 4.99 Å². The van der Waals surface area contributed by atoms with Gasteiger partial charge in [0.15, 0.2) is 5.96 Å². The molecule has 0 fully saturated rings. The molecular weight excluding hydrogens is 330 g/mol. The fourth-order valence-corrected chi connectivity index (χ4v) is 3.74. The maximum absolute atomic E-state index is 4.71. The van der Waals surface area contributed by atoms with Crippen molar-refractivity contribution in [1.29, 1.82) is 0 Å². The van der Waals surface area contributed by atoms with Crippen molar-refractivity contribution in [1.82, 2.24) is 20.2 Å². The summed E-state index contributed by atoms with van der Waals surface area (Å²) < 4.78 is 2.19. The second-order valence-corrected chi connectivity index (χ2v) is 7.77. The highest BCUT2D eigenvalue weighted by molar-refractivity contribution is 7.11. The van der Waals surface area contributed by atoms with Crippen LogP contribution in [0.5, 0.6) is 0 Å². The van der Waals surface area contributed by atoms with Crippen LogP contribution < -0.4 is 10.6 Å². The van der Waals surface area contributed by atoms with Crippen molar-refractivity contribution in [3.63, 3.8) is 0 Å². The molecule has 2 heterocycles. The van der Waals surface area contributed by atoms with Crippen LogP contribution in [0.4, 0.5) is 0 Å². The molecule has 0 saturated heterocycles. The lowest BCUT2D eigenvalue weighted by Gasteiger charge is -2.17. The van der Waals surface area contributed by atoms with Crippen LogP contribution in [0, 0.1) is 13.8 Å². The highest BCUT2D eigenvalue weighted by Crippen LogP contribution is 2.16. The molecule has 1 unspecified atom stereocenters. The average molecular weight is 362 g/mol. The normalized spacial score (nSPS) is 13.0. The van der Waals surface area contributed by atoms with Gasteiger partial charge in [0, 0.05) is 54.2 Å². The van der Waals surface area contributed by atoms with E-state index in [9.17, 15) is 0 Å². The number of guanidine groups is 1. The second-order valence-electron chi connectivity index (χ2n) is 6.40. The number of nitrogens with one attached hydrogen (secondary N) is 2. The van der Waals surface area contributed by atoms with Crippen LogP contribution in [0.15, 0.2) is 29.5 Å². The zero-order valence-electron chi connectivity index (χ0n) is 15.9. The Labute approximate surface area is 155 Å². The van der Waals surface area contributed by atoms with Crippen molar-refractivity contribution in [3.8, 4) is 0 Å². The summed E-state index contributed by atoms with van der Waals surface area (Å²) in [5, 5.41) is 6.86. The van der Waals surface area contributed by atoms with Crippen LogP contribution in [-0.2, 0) is 13.0 Å². The third-order valence-electron chi connectivity index (χ3n) is 4.03. The molecule has 2 aromatic rings. The molecule has 0 aliphatic rings. The molecule has 0 aliphatic carbocycles. The summed E-state index contributed by atoms with van der Waals surface area (Å²) in [6.45, 7) is 11.2. The summed E-state index contributed by atoms with van der Waals surface area (Å²) in [5.74, 6) is 2.00.